The van der Waals surface area contributed by atoms with Crippen molar-refractivity contribution in [1.82, 2.24) is 25.5 Å². The standard InChI is InChI=1S/C22H25N5O2S/c1-14-6-5-7-15(2)20(14)27-22(24-25-26-27)30-16(3)21(29)19-10-8-18(9-11-19)12-13-23-17(4)28/h5-11,16H,12-13H2,1-4H3,(H,23,28)/t16-/m1/s1. The van der Waals surface area contributed by atoms with Crippen LogP contribution < -0.4 is 5.32 Å². The molecule has 0 bridgehead atoms. The van der Waals surface area contributed by atoms with Crippen LogP contribution in [0.25, 0.3) is 5.69 Å². The van der Waals surface area contributed by atoms with Crippen molar-refractivity contribution in [3.05, 3.63) is 64.7 Å². The number of hydrogen-bond acceptors (Lipinski definition) is 6. The molecular formula is C22H25N5O2S. The summed E-state index contributed by atoms with van der Waals surface area (Å²) in [7, 11) is 0. The van der Waals surface area contributed by atoms with E-state index in [1.54, 1.807) is 4.68 Å². The minimum Gasteiger partial charge on any atom is -0.356 e. The molecule has 7 nitrogen and oxygen atoms in total. The third-order valence-electron chi connectivity index (χ3n) is 4.77. The number of hydrogen-bond donors (Lipinski definition) is 1. The Morgan fingerprint density at radius 1 is 1.10 bits per heavy atom. The monoisotopic (exact) mass is 423 g/mol. The van der Waals surface area contributed by atoms with E-state index in [-0.39, 0.29) is 16.9 Å². The number of rotatable bonds is 8. The summed E-state index contributed by atoms with van der Waals surface area (Å²) in [5.41, 5.74) is 4.79. The Balaban J connectivity index is 1.70. The fourth-order valence-corrected chi connectivity index (χ4v) is 4.07. The summed E-state index contributed by atoms with van der Waals surface area (Å²) < 4.78 is 1.70. The van der Waals surface area contributed by atoms with Crippen LogP contribution in [-0.2, 0) is 11.2 Å². The molecule has 0 unspecified atom stereocenters. The number of carbonyl (C=O) groups is 2. The molecule has 0 aliphatic rings. The van der Waals surface area contributed by atoms with Gasteiger partial charge in [0.15, 0.2) is 5.78 Å². The fraction of sp³-hybridized carbons (Fsp3) is 0.318. The zero-order valence-corrected chi connectivity index (χ0v) is 18.4. The van der Waals surface area contributed by atoms with Crippen molar-refractivity contribution in [2.45, 2.75) is 44.5 Å². The summed E-state index contributed by atoms with van der Waals surface area (Å²) in [6, 6.07) is 13.5. The fourth-order valence-electron chi connectivity index (χ4n) is 3.20. The molecule has 8 heteroatoms. The van der Waals surface area contributed by atoms with Crippen molar-refractivity contribution in [2.75, 3.05) is 6.54 Å². The number of carbonyl (C=O) groups excluding carboxylic acids is 2. The highest BCUT2D eigenvalue weighted by atomic mass is 32.2. The molecule has 1 heterocycles. The maximum atomic E-state index is 12.9. The first-order valence-electron chi connectivity index (χ1n) is 9.76. The van der Waals surface area contributed by atoms with E-state index in [0.717, 1.165) is 28.8 Å². The van der Waals surface area contributed by atoms with Gasteiger partial charge in [-0.05, 0) is 54.3 Å². The second-order valence-electron chi connectivity index (χ2n) is 7.17. The summed E-state index contributed by atoms with van der Waals surface area (Å²) >= 11 is 1.34. The minimum atomic E-state index is -0.343. The molecule has 0 spiro atoms. The number of aromatic nitrogens is 4. The number of para-hydroxylation sites is 1. The minimum absolute atomic E-state index is 0.0180. The number of tetrazole rings is 1. The second kappa shape index (κ2) is 9.67. The van der Waals surface area contributed by atoms with Gasteiger partial charge < -0.3 is 5.32 Å². The van der Waals surface area contributed by atoms with Crippen molar-refractivity contribution in [3.8, 4) is 5.69 Å². The van der Waals surface area contributed by atoms with E-state index < -0.39 is 0 Å². The van der Waals surface area contributed by atoms with Crippen molar-refractivity contribution >= 4 is 23.5 Å². The van der Waals surface area contributed by atoms with Crippen molar-refractivity contribution in [3.63, 3.8) is 0 Å². The number of nitrogens with zero attached hydrogens (tertiary/aromatic N) is 4. The third kappa shape index (κ3) is 5.13. The number of nitrogens with one attached hydrogen (secondary N) is 1. The maximum Gasteiger partial charge on any atom is 0.216 e. The lowest BCUT2D eigenvalue weighted by atomic mass is 10.0. The molecule has 0 aliphatic carbocycles. The van der Waals surface area contributed by atoms with Crippen molar-refractivity contribution in [1.29, 1.82) is 0 Å². The summed E-state index contributed by atoms with van der Waals surface area (Å²) in [5, 5.41) is 15.1. The molecule has 3 aromatic rings. The molecule has 0 saturated heterocycles. The van der Waals surface area contributed by atoms with Crippen molar-refractivity contribution < 1.29 is 9.59 Å². The van der Waals surface area contributed by atoms with Crippen LogP contribution in [0.4, 0.5) is 0 Å². The van der Waals surface area contributed by atoms with Crippen LogP contribution in [0.2, 0.25) is 0 Å². The van der Waals surface area contributed by atoms with Gasteiger partial charge in [-0.15, -0.1) is 5.10 Å². The van der Waals surface area contributed by atoms with Crippen LogP contribution in [-0.4, -0.2) is 43.7 Å². The molecule has 0 aliphatic heterocycles. The van der Waals surface area contributed by atoms with Gasteiger partial charge in [0, 0.05) is 19.0 Å². The second-order valence-corrected chi connectivity index (χ2v) is 8.48. The lowest BCUT2D eigenvalue weighted by molar-refractivity contribution is -0.118. The van der Waals surface area contributed by atoms with Crippen LogP contribution in [0.1, 0.15) is 40.9 Å². The molecule has 0 fully saturated rings. The predicted octanol–water partition coefficient (Wildman–Crippen LogP) is 3.32. The molecule has 1 N–H and O–H groups in total. The molecule has 2 aromatic carbocycles. The normalized spacial score (nSPS) is 11.9. The van der Waals surface area contributed by atoms with E-state index in [9.17, 15) is 9.59 Å². The van der Waals surface area contributed by atoms with Gasteiger partial charge >= 0.3 is 0 Å². The van der Waals surface area contributed by atoms with Crippen LogP contribution >= 0.6 is 11.8 Å². The summed E-state index contributed by atoms with van der Waals surface area (Å²) in [6.45, 7) is 7.97. The number of benzene rings is 2. The Morgan fingerprint density at radius 2 is 1.77 bits per heavy atom. The lowest BCUT2D eigenvalue weighted by Crippen LogP contribution is -2.22. The molecule has 1 atom stereocenters. The zero-order valence-electron chi connectivity index (χ0n) is 17.5. The molecule has 3 rings (SSSR count). The van der Waals surface area contributed by atoms with E-state index in [1.807, 2.05) is 63.2 Å². The average Bonchev–Trinajstić information content (AvgIpc) is 3.15. The van der Waals surface area contributed by atoms with Crippen molar-refractivity contribution in [2.24, 2.45) is 0 Å². The predicted molar refractivity (Wildman–Crippen MR) is 117 cm³/mol. The number of aryl methyl sites for hydroxylation is 2. The van der Waals surface area contributed by atoms with Gasteiger partial charge in [-0.1, -0.05) is 54.2 Å². The Labute approximate surface area is 180 Å². The molecule has 1 amide bonds. The van der Waals surface area contributed by atoms with Crippen LogP contribution in [0.5, 0.6) is 0 Å². The number of ketones is 1. The molecule has 1 aromatic heterocycles. The molecule has 0 saturated carbocycles. The van der Waals surface area contributed by atoms with E-state index >= 15 is 0 Å². The van der Waals surface area contributed by atoms with E-state index in [0.29, 0.717) is 17.3 Å². The quantitative estimate of drug-likeness (QED) is 0.442. The van der Waals surface area contributed by atoms with Gasteiger partial charge in [-0.3, -0.25) is 9.59 Å². The number of Topliss-reactive ketones (excluding diaryl/α,β-unsaturated/α-hetero) is 1. The Morgan fingerprint density at radius 3 is 2.40 bits per heavy atom. The average molecular weight is 424 g/mol. The topological polar surface area (TPSA) is 89.8 Å². The largest absolute Gasteiger partial charge is 0.356 e. The van der Waals surface area contributed by atoms with Gasteiger partial charge in [-0.25, -0.2) is 0 Å². The van der Waals surface area contributed by atoms with E-state index in [4.69, 9.17) is 0 Å². The van der Waals surface area contributed by atoms with Crippen LogP contribution in [0, 0.1) is 13.8 Å². The van der Waals surface area contributed by atoms with Gasteiger partial charge in [0.25, 0.3) is 0 Å². The smallest absolute Gasteiger partial charge is 0.216 e. The van der Waals surface area contributed by atoms with Gasteiger partial charge in [0.05, 0.1) is 10.9 Å². The van der Waals surface area contributed by atoms with E-state index in [2.05, 4.69) is 20.8 Å². The number of amides is 1. The SMILES string of the molecule is CC(=O)NCCc1ccc(C(=O)[C@@H](C)Sc2nnnn2-c2c(C)cccc2C)cc1. The van der Waals surface area contributed by atoms with Gasteiger partial charge in [0.1, 0.15) is 0 Å². The Hall–Kier alpha value is -3.00. The highest BCUT2D eigenvalue weighted by Gasteiger charge is 2.21. The number of thioether (sulfide) groups is 1. The summed E-state index contributed by atoms with van der Waals surface area (Å²) in [6.07, 6.45) is 0.725. The Bertz CT molecular complexity index is 1030. The lowest BCUT2D eigenvalue weighted by Gasteiger charge is -2.13. The van der Waals surface area contributed by atoms with Gasteiger partial charge in [0.2, 0.25) is 11.1 Å². The highest BCUT2D eigenvalue weighted by Crippen LogP contribution is 2.27. The first kappa shape index (κ1) is 21.7. The van der Waals surface area contributed by atoms with Crippen LogP contribution in [0.3, 0.4) is 0 Å². The highest BCUT2D eigenvalue weighted by molar-refractivity contribution is 8.00. The van der Waals surface area contributed by atoms with Gasteiger partial charge in [-0.2, -0.15) is 4.68 Å². The maximum absolute atomic E-state index is 12.9. The third-order valence-corrected chi connectivity index (χ3v) is 5.80. The Kier molecular flexibility index (Phi) is 6.99. The van der Waals surface area contributed by atoms with Crippen LogP contribution in [0.15, 0.2) is 47.6 Å². The first-order chi connectivity index (χ1) is 14.4. The molecular weight excluding hydrogens is 398 g/mol. The zero-order chi connectivity index (χ0) is 21.7. The molecule has 0 radical (unpaired) electrons. The summed E-state index contributed by atoms with van der Waals surface area (Å²) in [4.78, 5) is 23.9. The molecule has 156 valence electrons. The molecule has 30 heavy (non-hydrogen) atoms. The first-order valence-corrected chi connectivity index (χ1v) is 10.6. The van der Waals surface area contributed by atoms with E-state index in [1.165, 1.54) is 18.7 Å². The summed E-state index contributed by atoms with van der Waals surface area (Å²) in [5.74, 6) is -0.0275.